The van der Waals surface area contributed by atoms with Crippen LogP contribution in [0.15, 0.2) is 237 Å². The van der Waals surface area contributed by atoms with Crippen molar-refractivity contribution in [3.8, 4) is 44.9 Å². The molecule has 0 saturated heterocycles. The van der Waals surface area contributed by atoms with Gasteiger partial charge in [0.2, 0.25) is 0 Å². The van der Waals surface area contributed by atoms with Crippen LogP contribution in [-0.2, 0) is 5.41 Å². The third-order valence-corrected chi connectivity index (χ3v) is 16.8. The summed E-state index contributed by atoms with van der Waals surface area (Å²) in [5.74, 6) is 1.70. The standard InChI is InChI=1S/C69H45NOS/c1-69(2)63-28-14-11-25-54(63)55-35-32-44(39-64(55)69)70(43-33-36-66-61(38-43)52-24-10-7-21-49(52)56-26-12-15-29-65(56)71-66)42-31-34-53-58(37-42)50-22-8-5-19-47(50)45-17-3-4-18-46(45)48-20-6-9-23-51(48)59-40-62-57-27-13-16-30-67(57)72-68(62)41-60(53)59/h3-41H,1-2H3. The van der Waals surface area contributed by atoms with Crippen LogP contribution in [0, 0.1) is 0 Å². The highest BCUT2D eigenvalue weighted by Crippen LogP contribution is 2.53. The van der Waals surface area contributed by atoms with Crippen LogP contribution in [-0.4, -0.2) is 0 Å². The molecule has 72 heavy (non-hydrogen) atoms. The molecule has 0 spiro atoms. The smallest absolute Gasteiger partial charge is 0.135 e. The fourth-order valence-corrected chi connectivity index (χ4v) is 13.4. The van der Waals surface area contributed by atoms with Gasteiger partial charge in [-0.2, -0.15) is 0 Å². The monoisotopic (exact) mass is 935 g/mol. The van der Waals surface area contributed by atoms with Gasteiger partial charge >= 0.3 is 0 Å². The highest BCUT2D eigenvalue weighted by Gasteiger charge is 2.36. The molecule has 0 N–H and O–H groups in total. The molecular weight excluding hydrogens is 891 g/mol. The van der Waals surface area contributed by atoms with Crippen molar-refractivity contribution in [2.24, 2.45) is 0 Å². The van der Waals surface area contributed by atoms with Crippen LogP contribution in [0.1, 0.15) is 25.0 Å². The summed E-state index contributed by atoms with van der Waals surface area (Å²) in [7, 11) is 0. The predicted molar refractivity (Wildman–Crippen MR) is 308 cm³/mol. The Morgan fingerprint density at radius 3 is 1.46 bits per heavy atom. The maximum absolute atomic E-state index is 6.83. The van der Waals surface area contributed by atoms with Gasteiger partial charge in [0.1, 0.15) is 11.5 Å². The van der Waals surface area contributed by atoms with Gasteiger partial charge in [0.25, 0.3) is 0 Å². The maximum atomic E-state index is 6.83. The molecule has 2 nitrogen and oxygen atoms in total. The van der Waals surface area contributed by atoms with Crippen molar-refractivity contribution in [3.63, 3.8) is 0 Å². The second kappa shape index (κ2) is 15.6. The van der Waals surface area contributed by atoms with Crippen molar-refractivity contribution in [3.05, 3.63) is 248 Å². The van der Waals surface area contributed by atoms with Gasteiger partial charge in [-0.05, 0) is 154 Å². The Balaban J connectivity index is 1.07. The van der Waals surface area contributed by atoms with E-state index in [4.69, 9.17) is 4.74 Å². The van der Waals surface area contributed by atoms with E-state index in [1.807, 2.05) is 11.3 Å². The summed E-state index contributed by atoms with van der Waals surface area (Å²) in [6.07, 6.45) is 0. The molecule has 0 saturated carbocycles. The first-order valence-corrected chi connectivity index (χ1v) is 25.7. The summed E-state index contributed by atoms with van der Waals surface area (Å²) in [5.41, 5.74) is 12.8. The molecule has 0 bridgehead atoms. The van der Waals surface area contributed by atoms with Crippen LogP contribution in [0.2, 0.25) is 0 Å². The number of fused-ring (bicyclic) bond motifs is 21. The largest absolute Gasteiger partial charge is 0.456 e. The SMILES string of the molecule is CC1(C)c2ccccc2-c2ccc(N(c3ccc4c(c3)-c3ccccc3-c3ccccc3O4)c3ccc4c(c3)c3ccccc3c3ccccc3c3ccccc3c3cc5c(cc43)sc3ccccc35)cc21. The molecule has 13 aromatic rings. The van der Waals surface area contributed by atoms with Crippen molar-refractivity contribution in [2.75, 3.05) is 4.90 Å². The Kier molecular flexibility index (Phi) is 8.91. The zero-order chi connectivity index (χ0) is 47.7. The first-order valence-electron chi connectivity index (χ1n) is 24.9. The van der Waals surface area contributed by atoms with E-state index >= 15 is 0 Å². The number of nitrogens with zero attached hydrogens (tertiary/aromatic N) is 1. The van der Waals surface area contributed by atoms with Crippen molar-refractivity contribution < 1.29 is 4.74 Å². The fourth-order valence-electron chi connectivity index (χ4n) is 12.3. The summed E-state index contributed by atoms with van der Waals surface area (Å²) in [5, 5.41) is 14.7. The molecule has 12 aromatic carbocycles. The van der Waals surface area contributed by atoms with Crippen molar-refractivity contribution in [2.45, 2.75) is 19.3 Å². The Labute approximate surface area is 421 Å². The lowest BCUT2D eigenvalue weighted by atomic mass is 9.82. The van der Waals surface area contributed by atoms with Gasteiger partial charge < -0.3 is 9.64 Å². The van der Waals surface area contributed by atoms with Crippen LogP contribution in [0.5, 0.6) is 11.5 Å². The predicted octanol–water partition coefficient (Wildman–Crippen LogP) is 20.2. The highest BCUT2D eigenvalue weighted by atomic mass is 32.1. The van der Waals surface area contributed by atoms with Gasteiger partial charge in [0.15, 0.2) is 0 Å². The third-order valence-electron chi connectivity index (χ3n) is 15.7. The third kappa shape index (κ3) is 6.08. The van der Waals surface area contributed by atoms with Crippen LogP contribution in [0.4, 0.5) is 17.1 Å². The Bertz CT molecular complexity index is 4540. The molecule has 338 valence electrons. The van der Waals surface area contributed by atoms with E-state index in [1.165, 1.54) is 96.3 Å². The quantitative estimate of drug-likeness (QED) is 0.175. The summed E-state index contributed by atoms with van der Waals surface area (Å²) >= 11 is 1.88. The number of thiophene rings is 1. The topological polar surface area (TPSA) is 12.5 Å². The van der Waals surface area contributed by atoms with E-state index in [1.54, 1.807) is 0 Å². The summed E-state index contributed by atoms with van der Waals surface area (Å²) in [4.78, 5) is 2.47. The second-order valence-electron chi connectivity index (χ2n) is 19.9. The number of para-hydroxylation sites is 1. The minimum absolute atomic E-state index is 0.188. The average molecular weight is 936 g/mol. The van der Waals surface area contributed by atoms with Crippen LogP contribution >= 0.6 is 11.3 Å². The van der Waals surface area contributed by atoms with Gasteiger partial charge in [0.05, 0.1) is 0 Å². The van der Waals surface area contributed by atoms with Crippen LogP contribution in [0.3, 0.4) is 0 Å². The van der Waals surface area contributed by atoms with Crippen LogP contribution < -0.4 is 9.64 Å². The summed E-state index contributed by atoms with van der Waals surface area (Å²) in [6, 6.07) is 87.9. The zero-order valence-corrected chi connectivity index (χ0v) is 40.6. The highest BCUT2D eigenvalue weighted by molar-refractivity contribution is 7.25. The minimum atomic E-state index is -0.188. The maximum Gasteiger partial charge on any atom is 0.135 e. The first-order chi connectivity index (χ1) is 35.5. The number of anilines is 3. The number of hydrogen-bond donors (Lipinski definition) is 0. The van der Waals surface area contributed by atoms with Gasteiger partial charge in [-0.25, -0.2) is 0 Å². The van der Waals surface area contributed by atoms with Gasteiger partial charge in [-0.1, -0.05) is 184 Å². The van der Waals surface area contributed by atoms with Crippen molar-refractivity contribution in [1.29, 1.82) is 0 Å². The fraction of sp³-hybridized carbons (Fsp3) is 0.0435. The molecule has 0 fully saturated rings. The minimum Gasteiger partial charge on any atom is -0.456 e. The number of hydrogen-bond acceptors (Lipinski definition) is 3. The lowest BCUT2D eigenvalue weighted by Gasteiger charge is -2.29. The van der Waals surface area contributed by atoms with E-state index < -0.39 is 0 Å². The first kappa shape index (κ1) is 41.1. The molecule has 1 aliphatic carbocycles. The Morgan fingerprint density at radius 2 is 0.750 bits per heavy atom. The Morgan fingerprint density at radius 1 is 0.292 bits per heavy atom. The van der Waals surface area contributed by atoms with Gasteiger partial charge in [-0.3, -0.25) is 0 Å². The van der Waals surface area contributed by atoms with Crippen LogP contribution in [0.25, 0.3) is 107 Å². The summed E-state index contributed by atoms with van der Waals surface area (Å²) in [6.45, 7) is 4.74. The van der Waals surface area contributed by atoms with Crippen molar-refractivity contribution >= 4 is 102 Å². The summed E-state index contributed by atoms with van der Waals surface area (Å²) < 4.78 is 9.42. The number of ether oxygens (including phenoxy) is 1. The molecule has 1 aliphatic heterocycles. The molecule has 2 aliphatic rings. The molecular formula is C69H45NOS. The van der Waals surface area contributed by atoms with Gasteiger partial charge in [0, 0.05) is 53.8 Å². The molecule has 1 aromatic heterocycles. The van der Waals surface area contributed by atoms with E-state index in [-0.39, 0.29) is 5.41 Å². The second-order valence-corrected chi connectivity index (χ2v) is 21.0. The normalized spacial score (nSPS) is 13.1. The zero-order valence-electron chi connectivity index (χ0n) is 39.8. The van der Waals surface area contributed by atoms with E-state index in [0.29, 0.717) is 0 Å². The van der Waals surface area contributed by atoms with E-state index in [0.717, 1.165) is 50.8 Å². The van der Waals surface area contributed by atoms with E-state index in [2.05, 4.69) is 255 Å². The number of benzene rings is 11. The molecule has 15 rings (SSSR count). The lowest BCUT2D eigenvalue weighted by Crippen LogP contribution is -2.16. The van der Waals surface area contributed by atoms with Crippen molar-refractivity contribution in [1.82, 2.24) is 0 Å². The molecule has 0 unspecified atom stereocenters. The molecule has 0 radical (unpaired) electrons. The number of rotatable bonds is 3. The Hall–Kier alpha value is -8.76. The van der Waals surface area contributed by atoms with Gasteiger partial charge in [-0.15, -0.1) is 11.3 Å². The molecule has 3 heteroatoms. The molecule has 0 atom stereocenters. The van der Waals surface area contributed by atoms with E-state index in [9.17, 15) is 0 Å². The molecule has 0 amide bonds. The lowest BCUT2D eigenvalue weighted by molar-refractivity contribution is 0.488. The molecule has 2 heterocycles. The average Bonchev–Trinajstić information content (AvgIpc) is 3.85.